The fourth-order valence-corrected chi connectivity index (χ4v) is 4.37. The van der Waals surface area contributed by atoms with E-state index in [0.29, 0.717) is 15.9 Å². The van der Waals surface area contributed by atoms with E-state index in [1.165, 1.54) is 11.8 Å². The molecule has 0 saturated carbocycles. The van der Waals surface area contributed by atoms with Crippen molar-refractivity contribution in [2.24, 2.45) is 0 Å². The number of hydrogen-bond acceptors (Lipinski definition) is 5. The normalized spacial score (nSPS) is 18.2. The van der Waals surface area contributed by atoms with E-state index in [1.807, 2.05) is 35.0 Å². The second kappa shape index (κ2) is 8.24. The van der Waals surface area contributed by atoms with Crippen LogP contribution >= 0.6 is 23.4 Å². The summed E-state index contributed by atoms with van der Waals surface area (Å²) in [6.07, 6.45) is 1.80. The maximum atomic E-state index is 13.1. The Labute approximate surface area is 172 Å². The summed E-state index contributed by atoms with van der Waals surface area (Å²) in [7, 11) is 0. The van der Waals surface area contributed by atoms with Crippen LogP contribution < -0.4 is 10.7 Å². The minimum absolute atomic E-state index is 0.0973. The third-order valence-electron chi connectivity index (χ3n) is 4.51. The molecule has 6 nitrogen and oxygen atoms in total. The van der Waals surface area contributed by atoms with Crippen LogP contribution in [0.3, 0.4) is 0 Å². The van der Waals surface area contributed by atoms with Crippen molar-refractivity contribution in [3.8, 4) is 0 Å². The summed E-state index contributed by atoms with van der Waals surface area (Å²) in [4.78, 5) is 13.1. The Morgan fingerprint density at radius 2 is 1.93 bits per heavy atom. The van der Waals surface area contributed by atoms with Gasteiger partial charge in [0.15, 0.2) is 5.82 Å². The lowest BCUT2D eigenvalue weighted by Crippen LogP contribution is -2.41. The Bertz CT molecular complexity index is 960. The van der Waals surface area contributed by atoms with Crippen LogP contribution in [0.15, 0.2) is 59.8 Å². The number of aryl methyl sites for hydroxylation is 1. The fourth-order valence-electron chi connectivity index (χ4n) is 3.14. The highest BCUT2D eigenvalue weighted by Gasteiger charge is 2.37. The Morgan fingerprint density at radius 1 is 1.18 bits per heavy atom. The third kappa shape index (κ3) is 3.86. The number of nitrogens with zero attached hydrogens (tertiary/aromatic N) is 3. The van der Waals surface area contributed by atoms with E-state index in [9.17, 15) is 4.79 Å². The maximum Gasteiger partial charge on any atom is 0.240 e. The first kappa shape index (κ1) is 18.8. The minimum Gasteiger partial charge on any atom is -0.325 e. The molecule has 3 aromatic rings. The van der Waals surface area contributed by atoms with Crippen molar-refractivity contribution in [3.63, 3.8) is 0 Å². The quantitative estimate of drug-likeness (QED) is 0.653. The number of hydrogen-bond donors (Lipinski definition) is 2. The van der Waals surface area contributed by atoms with Crippen molar-refractivity contribution in [2.45, 2.75) is 36.2 Å². The van der Waals surface area contributed by atoms with E-state index in [0.717, 1.165) is 24.2 Å². The molecule has 28 heavy (non-hydrogen) atoms. The van der Waals surface area contributed by atoms with Gasteiger partial charge in [-0.15, -0.1) is 10.2 Å². The number of anilines is 1. The molecule has 1 aromatic heterocycles. The summed E-state index contributed by atoms with van der Waals surface area (Å²) in [6.45, 7) is 2.11. The molecule has 1 aliphatic rings. The van der Waals surface area contributed by atoms with Gasteiger partial charge in [-0.2, -0.15) is 0 Å². The van der Waals surface area contributed by atoms with Gasteiger partial charge in [0, 0.05) is 17.1 Å². The van der Waals surface area contributed by atoms with Crippen LogP contribution in [0.4, 0.5) is 5.69 Å². The van der Waals surface area contributed by atoms with Gasteiger partial charge in [0.05, 0.1) is 6.04 Å². The summed E-state index contributed by atoms with van der Waals surface area (Å²) in [6, 6.07) is 16.9. The fraction of sp³-hybridized carbons (Fsp3) is 0.250. The van der Waals surface area contributed by atoms with Gasteiger partial charge in [-0.05, 0) is 36.2 Å². The highest BCUT2D eigenvalue weighted by atomic mass is 35.5. The van der Waals surface area contributed by atoms with Gasteiger partial charge in [0.25, 0.3) is 0 Å². The molecule has 1 amide bonds. The lowest BCUT2D eigenvalue weighted by atomic mass is 10.0. The number of halogens is 1. The molecule has 0 unspecified atom stereocenters. The number of thioether (sulfide) groups is 1. The number of aromatic nitrogens is 3. The molecule has 4 rings (SSSR count). The molecule has 1 aliphatic heterocycles. The molecule has 0 spiro atoms. The third-order valence-corrected chi connectivity index (χ3v) is 5.97. The molecule has 2 aromatic carbocycles. The maximum absolute atomic E-state index is 13.1. The lowest BCUT2D eigenvalue weighted by Gasteiger charge is -2.33. The largest absolute Gasteiger partial charge is 0.325 e. The zero-order valence-electron chi connectivity index (χ0n) is 15.3. The lowest BCUT2D eigenvalue weighted by molar-refractivity contribution is -0.116. The zero-order chi connectivity index (χ0) is 19.5. The van der Waals surface area contributed by atoms with Gasteiger partial charge in [-0.3, -0.25) is 4.79 Å². The molecule has 0 aliphatic carbocycles. The number of benzene rings is 2. The first-order chi connectivity index (χ1) is 13.7. The van der Waals surface area contributed by atoms with Gasteiger partial charge < -0.3 is 10.7 Å². The van der Waals surface area contributed by atoms with Crippen molar-refractivity contribution in [1.29, 1.82) is 0 Å². The number of carbonyl (C=O) groups is 1. The van der Waals surface area contributed by atoms with Crippen LogP contribution in [0.1, 0.15) is 30.8 Å². The molecule has 0 fully saturated rings. The van der Waals surface area contributed by atoms with E-state index < -0.39 is 5.25 Å². The molecule has 144 valence electrons. The summed E-state index contributed by atoms with van der Waals surface area (Å²) in [5.41, 5.74) is 5.21. The van der Waals surface area contributed by atoms with Gasteiger partial charge in [-0.25, -0.2) is 4.68 Å². The molecule has 2 heterocycles. The SMILES string of the molecule is CCCc1nnc2n1N[C@H](c1ccccc1)[C@H](C(=O)Nc1ccc(Cl)cc1)S2. The molecule has 2 atom stereocenters. The number of fused-ring (bicyclic) bond motifs is 1. The first-order valence-electron chi connectivity index (χ1n) is 9.14. The molecule has 8 heteroatoms. The molecular formula is C20H20ClN5OS. The van der Waals surface area contributed by atoms with Gasteiger partial charge in [-0.1, -0.05) is 60.6 Å². The molecule has 0 saturated heterocycles. The monoisotopic (exact) mass is 413 g/mol. The van der Waals surface area contributed by atoms with E-state index in [-0.39, 0.29) is 11.9 Å². The molecule has 0 radical (unpaired) electrons. The van der Waals surface area contributed by atoms with Crippen molar-refractivity contribution >= 4 is 35.0 Å². The average Bonchev–Trinajstić information content (AvgIpc) is 3.12. The standard InChI is InChI=1S/C20H20ClN5OS/c1-2-6-16-23-24-20-26(16)25-17(13-7-4-3-5-8-13)18(28-20)19(27)22-15-11-9-14(21)10-12-15/h3-5,7-12,17-18,25H,2,6H2,1H3,(H,22,27)/t17-,18-/m1/s1. The number of carbonyl (C=O) groups excluding carboxylic acids is 1. The van der Waals surface area contributed by atoms with E-state index in [1.54, 1.807) is 24.3 Å². The number of rotatable bonds is 5. The van der Waals surface area contributed by atoms with E-state index in [4.69, 9.17) is 11.6 Å². The zero-order valence-corrected chi connectivity index (χ0v) is 16.9. The Balaban J connectivity index is 1.64. The minimum atomic E-state index is -0.399. The Kier molecular flexibility index (Phi) is 5.54. The van der Waals surface area contributed by atoms with Crippen molar-refractivity contribution in [3.05, 3.63) is 71.0 Å². The predicted octanol–water partition coefficient (Wildman–Crippen LogP) is 4.28. The Hall–Kier alpha value is -2.51. The van der Waals surface area contributed by atoms with E-state index >= 15 is 0 Å². The van der Waals surface area contributed by atoms with Crippen molar-refractivity contribution in [2.75, 3.05) is 10.7 Å². The first-order valence-corrected chi connectivity index (χ1v) is 10.4. The van der Waals surface area contributed by atoms with E-state index in [2.05, 4.69) is 27.9 Å². The number of amides is 1. The molecule has 0 bridgehead atoms. The average molecular weight is 414 g/mol. The topological polar surface area (TPSA) is 71.8 Å². The number of nitrogens with one attached hydrogen (secondary N) is 2. The van der Waals surface area contributed by atoms with Crippen LogP contribution in [0, 0.1) is 0 Å². The summed E-state index contributed by atoms with van der Waals surface area (Å²) >= 11 is 7.37. The van der Waals surface area contributed by atoms with Crippen LogP contribution in [0.5, 0.6) is 0 Å². The highest BCUT2D eigenvalue weighted by Crippen LogP contribution is 2.37. The van der Waals surface area contributed by atoms with Gasteiger partial charge >= 0.3 is 0 Å². The van der Waals surface area contributed by atoms with Crippen LogP contribution in [0.2, 0.25) is 5.02 Å². The second-order valence-corrected chi connectivity index (χ2v) is 8.08. The van der Waals surface area contributed by atoms with Crippen LogP contribution in [0.25, 0.3) is 0 Å². The van der Waals surface area contributed by atoms with Crippen LogP contribution in [-0.2, 0) is 11.2 Å². The second-order valence-electron chi connectivity index (χ2n) is 6.54. The predicted molar refractivity (Wildman–Crippen MR) is 112 cm³/mol. The summed E-state index contributed by atoms with van der Waals surface area (Å²) in [5.74, 6) is 0.780. The molecule has 2 N–H and O–H groups in total. The smallest absolute Gasteiger partial charge is 0.240 e. The van der Waals surface area contributed by atoms with Gasteiger partial charge in [0.1, 0.15) is 5.25 Å². The van der Waals surface area contributed by atoms with Crippen molar-refractivity contribution in [1.82, 2.24) is 14.9 Å². The van der Waals surface area contributed by atoms with Crippen molar-refractivity contribution < 1.29 is 4.79 Å². The van der Waals surface area contributed by atoms with Gasteiger partial charge in [0.2, 0.25) is 11.1 Å². The summed E-state index contributed by atoms with van der Waals surface area (Å²) in [5, 5.41) is 12.5. The van der Waals surface area contributed by atoms with Crippen LogP contribution in [-0.4, -0.2) is 26.0 Å². The Morgan fingerprint density at radius 3 is 2.64 bits per heavy atom. The molecular weight excluding hydrogens is 394 g/mol. The highest BCUT2D eigenvalue weighted by molar-refractivity contribution is 8.00. The summed E-state index contributed by atoms with van der Waals surface area (Å²) < 4.78 is 1.91.